The Balaban J connectivity index is 1.99. The Morgan fingerprint density at radius 1 is 1.22 bits per heavy atom. The lowest BCUT2D eigenvalue weighted by Gasteiger charge is -2.26. The summed E-state index contributed by atoms with van der Waals surface area (Å²) in [5, 5.41) is 7.11. The first kappa shape index (κ1) is 13.6. The normalized spacial score (nSPS) is 18.7. The van der Waals surface area contributed by atoms with Crippen LogP contribution >= 0.6 is 0 Å². The predicted molar refractivity (Wildman–Crippen MR) is 77.7 cm³/mol. The van der Waals surface area contributed by atoms with Crippen molar-refractivity contribution in [1.82, 2.24) is 10.6 Å². The van der Waals surface area contributed by atoms with Crippen molar-refractivity contribution in [2.45, 2.75) is 58.7 Å². The Kier molecular flexibility index (Phi) is 5.21. The van der Waals surface area contributed by atoms with E-state index in [1.54, 1.807) is 5.56 Å². The third kappa shape index (κ3) is 3.56. The fraction of sp³-hybridized carbons (Fsp3) is 0.625. The van der Waals surface area contributed by atoms with Crippen molar-refractivity contribution in [2.75, 3.05) is 6.54 Å². The van der Waals surface area contributed by atoms with Crippen molar-refractivity contribution in [1.29, 1.82) is 0 Å². The summed E-state index contributed by atoms with van der Waals surface area (Å²) in [7, 11) is 0. The van der Waals surface area contributed by atoms with Crippen LogP contribution in [0.25, 0.3) is 0 Å². The Morgan fingerprint density at radius 3 is 2.89 bits per heavy atom. The van der Waals surface area contributed by atoms with Crippen LogP contribution in [0.5, 0.6) is 0 Å². The standard InChI is InChI=1S/C16H26N2/c1-3-5-16-10-15-9-13(11-17-8-4-2)6-7-14(15)12-18-16/h6-7,9,16-18H,3-5,8,10-12H2,1-2H3. The lowest BCUT2D eigenvalue weighted by molar-refractivity contribution is 0.448. The van der Waals surface area contributed by atoms with Crippen LogP contribution < -0.4 is 10.6 Å². The van der Waals surface area contributed by atoms with Crippen molar-refractivity contribution < 1.29 is 0 Å². The topological polar surface area (TPSA) is 24.1 Å². The van der Waals surface area contributed by atoms with Gasteiger partial charge in [-0.3, -0.25) is 0 Å². The van der Waals surface area contributed by atoms with Gasteiger partial charge in [-0.1, -0.05) is 38.5 Å². The van der Waals surface area contributed by atoms with Gasteiger partial charge in [-0.2, -0.15) is 0 Å². The Hall–Kier alpha value is -0.860. The molecule has 1 aliphatic heterocycles. The lowest BCUT2D eigenvalue weighted by atomic mass is 9.92. The molecule has 1 aromatic rings. The molecule has 2 nitrogen and oxygen atoms in total. The van der Waals surface area contributed by atoms with E-state index in [4.69, 9.17) is 0 Å². The van der Waals surface area contributed by atoms with Crippen LogP contribution in [0.3, 0.4) is 0 Å². The van der Waals surface area contributed by atoms with E-state index in [1.807, 2.05) is 0 Å². The predicted octanol–water partition coefficient (Wildman–Crippen LogP) is 3.00. The van der Waals surface area contributed by atoms with Crippen LogP contribution in [0.2, 0.25) is 0 Å². The highest BCUT2D eigenvalue weighted by Gasteiger charge is 2.17. The number of hydrogen-bond donors (Lipinski definition) is 2. The average Bonchev–Trinajstić information content (AvgIpc) is 2.39. The van der Waals surface area contributed by atoms with Crippen LogP contribution in [-0.4, -0.2) is 12.6 Å². The molecular formula is C16H26N2. The zero-order chi connectivity index (χ0) is 12.8. The third-order valence-electron chi connectivity index (χ3n) is 3.71. The molecule has 0 spiro atoms. The van der Waals surface area contributed by atoms with Gasteiger partial charge >= 0.3 is 0 Å². The number of fused-ring (bicyclic) bond motifs is 1. The molecule has 2 heteroatoms. The summed E-state index contributed by atoms with van der Waals surface area (Å²) in [6, 6.07) is 7.65. The smallest absolute Gasteiger partial charge is 0.0210 e. The molecule has 1 heterocycles. The largest absolute Gasteiger partial charge is 0.313 e. The maximum atomic E-state index is 3.63. The summed E-state index contributed by atoms with van der Waals surface area (Å²) in [5.74, 6) is 0. The van der Waals surface area contributed by atoms with E-state index >= 15 is 0 Å². The maximum absolute atomic E-state index is 3.63. The quantitative estimate of drug-likeness (QED) is 0.754. The Bertz CT molecular complexity index is 373. The molecule has 1 atom stereocenters. The minimum Gasteiger partial charge on any atom is -0.313 e. The van der Waals surface area contributed by atoms with E-state index < -0.39 is 0 Å². The molecule has 100 valence electrons. The van der Waals surface area contributed by atoms with Gasteiger partial charge in [0.15, 0.2) is 0 Å². The summed E-state index contributed by atoms with van der Waals surface area (Å²) < 4.78 is 0. The SMILES string of the molecule is CCCNCc1ccc2c(c1)CC(CCC)NC2. The van der Waals surface area contributed by atoms with Gasteiger partial charge in [0.2, 0.25) is 0 Å². The second-order valence-corrected chi connectivity index (χ2v) is 5.35. The van der Waals surface area contributed by atoms with Gasteiger partial charge in [0.05, 0.1) is 0 Å². The maximum Gasteiger partial charge on any atom is 0.0210 e. The second kappa shape index (κ2) is 6.91. The van der Waals surface area contributed by atoms with Crippen LogP contribution in [0.15, 0.2) is 18.2 Å². The van der Waals surface area contributed by atoms with Crippen molar-refractivity contribution in [2.24, 2.45) is 0 Å². The fourth-order valence-electron chi connectivity index (χ4n) is 2.71. The zero-order valence-corrected chi connectivity index (χ0v) is 11.8. The molecule has 0 amide bonds. The number of benzene rings is 1. The first-order valence-electron chi connectivity index (χ1n) is 7.38. The van der Waals surface area contributed by atoms with Crippen molar-refractivity contribution in [3.8, 4) is 0 Å². The lowest BCUT2D eigenvalue weighted by Crippen LogP contribution is -2.35. The minimum absolute atomic E-state index is 0.682. The molecule has 0 aromatic heterocycles. The van der Waals surface area contributed by atoms with Gasteiger partial charge < -0.3 is 10.6 Å². The van der Waals surface area contributed by atoms with Crippen LogP contribution in [0.4, 0.5) is 0 Å². The van der Waals surface area contributed by atoms with E-state index in [9.17, 15) is 0 Å². The van der Waals surface area contributed by atoms with Gasteiger partial charge in [0, 0.05) is 19.1 Å². The average molecular weight is 246 g/mol. The highest BCUT2D eigenvalue weighted by molar-refractivity contribution is 5.34. The first-order chi connectivity index (χ1) is 8.83. The molecule has 2 rings (SSSR count). The molecule has 0 bridgehead atoms. The van der Waals surface area contributed by atoms with Gasteiger partial charge in [0.25, 0.3) is 0 Å². The summed E-state index contributed by atoms with van der Waals surface area (Å²) in [6.07, 6.45) is 4.96. The van der Waals surface area contributed by atoms with Crippen LogP contribution in [0, 0.1) is 0 Å². The fourth-order valence-corrected chi connectivity index (χ4v) is 2.71. The molecule has 0 fully saturated rings. The molecule has 0 radical (unpaired) electrons. The second-order valence-electron chi connectivity index (χ2n) is 5.35. The van der Waals surface area contributed by atoms with Crippen LogP contribution in [0.1, 0.15) is 49.8 Å². The molecule has 2 N–H and O–H groups in total. The highest BCUT2D eigenvalue weighted by atomic mass is 14.9. The molecular weight excluding hydrogens is 220 g/mol. The monoisotopic (exact) mass is 246 g/mol. The summed E-state index contributed by atoms with van der Waals surface area (Å²) >= 11 is 0. The van der Waals surface area contributed by atoms with Gasteiger partial charge in [-0.05, 0) is 42.5 Å². The molecule has 1 unspecified atom stereocenters. The molecule has 0 saturated heterocycles. The molecule has 1 aliphatic rings. The molecule has 1 aromatic carbocycles. The Labute approximate surface area is 111 Å². The summed E-state index contributed by atoms with van der Waals surface area (Å²) in [5.41, 5.74) is 4.48. The summed E-state index contributed by atoms with van der Waals surface area (Å²) in [4.78, 5) is 0. The number of rotatable bonds is 6. The molecule has 0 aliphatic carbocycles. The van der Waals surface area contributed by atoms with E-state index in [0.29, 0.717) is 6.04 Å². The van der Waals surface area contributed by atoms with E-state index in [2.05, 4.69) is 42.7 Å². The Morgan fingerprint density at radius 2 is 2.11 bits per heavy atom. The highest BCUT2D eigenvalue weighted by Crippen LogP contribution is 2.20. The van der Waals surface area contributed by atoms with Gasteiger partial charge in [0.1, 0.15) is 0 Å². The molecule has 0 saturated carbocycles. The van der Waals surface area contributed by atoms with Gasteiger partial charge in [-0.15, -0.1) is 0 Å². The van der Waals surface area contributed by atoms with Crippen molar-refractivity contribution >= 4 is 0 Å². The first-order valence-corrected chi connectivity index (χ1v) is 7.38. The van der Waals surface area contributed by atoms with Crippen molar-refractivity contribution in [3.05, 3.63) is 34.9 Å². The van der Waals surface area contributed by atoms with Crippen molar-refractivity contribution in [3.63, 3.8) is 0 Å². The van der Waals surface area contributed by atoms with Gasteiger partial charge in [-0.25, -0.2) is 0 Å². The number of nitrogens with one attached hydrogen (secondary N) is 2. The summed E-state index contributed by atoms with van der Waals surface area (Å²) in [6.45, 7) is 7.63. The van der Waals surface area contributed by atoms with E-state index in [1.165, 1.54) is 36.8 Å². The molecule has 18 heavy (non-hydrogen) atoms. The minimum atomic E-state index is 0.682. The van der Waals surface area contributed by atoms with Crippen LogP contribution in [-0.2, 0) is 19.5 Å². The van der Waals surface area contributed by atoms with E-state index in [-0.39, 0.29) is 0 Å². The third-order valence-corrected chi connectivity index (χ3v) is 3.71. The number of hydrogen-bond acceptors (Lipinski definition) is 2. The zero-order valence-electron chi connectivity index (χ0n) is 11.8. The van der Waals surface area contributed by atoms with E-state index in [0.717, 1.165) is 19.6 Å².